The van der Waals surface area contributed by atoms with Crippen LogP contribution in [0.5, 0.6) is 0 Å². The number of H-pyrrole nitrogens is 1. The second-order valence-corrected chi connectivity index (χ2v) is 8.82. The molecule has 30 heavy (non-hydrogen) atoms. The van der Waals surface area contributed by atoms with Crippen molar-refractivity contribution in [1.82, 2.24) is 9.55 Å². The summed E-state index contributed by atoms with van der Waals surface area (Å²) in [5, 5.41) is 1.42. The SMILES string of the molecule is Cc1ccc2c(=O)c3cc4[nH]c5c(S(=O)(=O)O)cccc5c(=O)c4cc3n(C)c2c1. The molecule has 0 unspecified atom stereocenters. The van der Waals surface area contributed by atoms with Gasteiger partial charge in [-0.3, -0.25) is 14.1 Å². The fourth-order valence-corrected chi connectivity index (χ4v) is 4.74. The van der Waals surface area contributed by atoms with Crippen LogP contribution in [0.15, 0.2) is 63.0 Å². The number of hydrogen-bond donors (Lipinski definition) is 2. The molecule has 2 N–H and O–H groups in total. The summed E-state index contributed by atoms with van der Waals surface area (Å²) in [5.41, 5.74) is 2.13. The quantitative estimate of drug-likeness (QED) is 0.320. The number of benzene rings is 3. The molecule has 0 spiro atoms. The Hall–Kier alpha value is -3.49. The maximum Gasteiger partial charge on any atom is 0.296 e. The van der Waals surface area contributed by atoms with E-state index in [0.717, 1.165) is 11.1 Å². The lowest BCUT2D eigenvalue weighted by Crippen LogP contribution is -2.12. The summed E-state index contributed by atoms with van der Waals surface area (Å²) in [4.78, 5) is 28.8. The first kappa shape index (κ1) is 18.5. The first-order valence-corrected chi connectivity index (χ1v) is 10.6. The molecule has 0 atom stereocenters. The molecule has 5 rings (SSSR count). The topological polar surface area (TPSA) is 109 Å². The molecule has 8 heteroatoms. The molecule has 5 aromatic rings. The van der Waals surface area contributed by atoms with E-state index in [1.807, 2.05) is 30.7 Å². The van der Waals surface area contributed by atoms with Crippen LogP contribution in [0.2, 0.25) is 0 Å². The molecule has 0 aliphatic heterocycles. The Morgan fingerprint density at radius 1 is 0.867 bits per heavy atom. The molecular weight excluding hydrogens is 404 g/mol. The second-order valence-electron chi connectivity index (χ2n) is 7.43. The molecule has 150 valence electrons. The Labute approximate surface area is 169 Å². The van der Waals surface area contributed by atoms with Crippen LogP contribution >= 0.6 is 0 Å². The average Bonchev–Trinajstić information content (AvgIpc) is 2.70. The lowest BCUT2D eigenvalue weighted by Gasteiger charge is -2.13. The molecule has 0 bridgehead atoms. The van der Waals surface area contributed by atoms with Gasteiger partial charge in [-0.2, -0.15) is 8.42 Å². The minimum absolute atomic E-state index is 0.00471. The highest BCUT2D eigenvalue weighted by atomic mass is 32.2. The zero-order valence-corrected chi connectivity index (χ0v) is 16.9. The summed E-state index contributed by atoms with van der Waals surface area (Å²) in [6, 6.07) is 12.9. The summed E-state index contributed by atoms with van der Waals surface area (Å²) in [6.07, 6.45) is 0. The second kappa shape index (κ2) is 6.01. The van der Waals surface area contributed by atoms with Gasteiger partial charge in [0, 0.05) is 28.6 Å². The lowest BCUT2D eigenvalue weighted by molar-refractivity contribution is 0.484. The third kappa shape index (κ3) is 2.51. The smallest absolute Gasteiger partial charge is 0.296 e. The van der Waals surface area contributed by atoms with Gasteiger partial charge < -0.3 is 9.55 Å². The molecule has 7 nitrogen and oxygen atoms in total. The summed E-state index contributed by atoms with van der Waals surface area (Å²) >= 11 is 0. The number of rotatable bonds is 1. The maximum absolute atomic E-state index is 13.1. The number of pyridine rings is 2. The van der Waals surface area contributed by atoms with Gasteiger partial charge >= 0.3 is 0 Å². The molecule has 3 aromatic carbocycles. The molecule has 0 radical (unpaired) electrons. The van der Waals surface area contributed by atoms with Crippen LogP contribution in [0.1, 0.15) is 5.56 Å². The Morgan fingerprint density at radius 2 is 1.57 bits per heavy atom. The summed E-state index contributed by atoms with van der Waals surface area (Å²) in [5.74, 6) is 0. The number of para-hydroxylation sites is 1. The highest BCUT2D eigenvalue weighted by molar-refractivity contribution is 7.86. The van der Waals surface area contributed by atoms with Crippen molar-refractivity contribution in [2.75, 3.05) is 0 Å². The van der Waals surface area contributed by atoms with E-state index in [-0.39, 0.29) is 26.7 Å². The van der Waals surface area contributed by atoms with Crippen molar-refractivity contribution < 1.29 is 13.0 Å². The minimum Gasteiger partial charge on any atom is -0.353 e. The van der Waals surface area contributed by atoms with Gasteiger partial charge in [-0.25, -0.2) is 0 Å². The van der Waals surface area contributed by atoms with Gasteiger partial charge in [0.1, 0.15) is 4.90 Å². The molecule has 0 aliphatic carbocycles. The highest BCUT2D eigenvalue weighted by Gasteiger charge is 2.18. The van der Waals surface area contributed by atoms with E-state index in [0.29, 0.717) is 27.2 Å². The van der Waals surface area contributed by atoms with E-state index in [4.69, 9.17) is 0 Å². The molecule has 2 heterocycles. The van der Waals surface area contributed by atoms with E-state index in [2.05, 4.69) is 4.98 Å². The number of hydrogen-bond acceptors (Lipinski definition) is 4. The van der Waals surface area contributed by atoms with E-state index in [9.17, 15) is 22.6 Å². The predicted octanol–water partition coefficient (Wildman–Crippen LogP) is 3.24. The van der Waals surface area contributed by atoms with E-state index >= 15 is 0 Å². The first-order valence-electron chi connectivity index (χ1n) is 9.16. The molecule has 0 saturated carbocycles. The van der Waals surface area contributed by atoms with Crippen molar-refractivity contribution in [3.05, 3.63) is 74.5 Å². The minimum atomic E-state index is -4.54. The van der Waals surface area contributed by atoms with Crippen LogP contribution in [0.3, 0.4) is 0 Å². The van der Waals surface area contributed by atoms with Crippen LogP contribution in [-0.4, -0.2) is 22.5 Å². The van der Waals surface area contributed by atoms with Crippen LogP contribution in [0.25, 0.3) is 43.6 Å². The largest absolute Gasteiger partial charge is 0.353 e. The number of fused-ring (bicyclic) bond motifs is 4. The number of nitrogens with zero attached hydrogens (tertiary/aromatic N) is 1. The van der Waals surface area contributed by atoms with Gasteiger partial charge in [-0.05, 0) is 48.9 Å². The van der Waals surface area contributed by atoms with Gasteiger partial charge in [0.25, 0.3) is 10.1 Å². The third-order valence-electron chi connectivity index (χ3n) is 5.55. The number of aryl methyl sites for hydroxylation is 2. The molecule has 0 amide bonds. The maximum atomic E-state index is 13.1. The molecule has 2 aromatic heterocycles. The van der Waals surface area contributed by atoms with Gasteiger partial charge in [0.2, 0.25) is 0 Å². The Balaban J connectivity index is 2.04. The van der Waals surface area contributed by atoms with Gasteiger partial charge in [0.15, 0.2) is 10.9 Å². The van der Waals surface area contributed by atoms with Crippen LogP contribution < -0.4 is 10.9 Å². The van der Waals surface area contributed by atoms with E-state index < -0.39 is 10.1 Å². The third-order valence-corrected chi connectivity index (χ3v) is 6.45. The van der Waals surface area contributed by atoms with Gasteiger partial charge in [-0.15, -0.1) is 0 Å². The molecular formula is C22H16N2O5S. The van der Waals surface area contributed by atoms with Crippen molar-refractivity contribution in [2.24, 2.45) is 7.05 Å². The van der Waals surface area contributed by atoms with Crippen molar-refractivity contribution in [3.63, 3.8) is 0 Å². The van der Waals surface area contributed by atoms with E-state index in [1.54, 1.807) is 18.2 Å². The fourth-order valence-electron chi connectivity index (χ4n) is 4.07. The Bertz CT molecular complexity index is 1780. The average molecular weight is 420 g/mol. The van der Waals surface area contributed by atoms with Crippen molar-refractivity contribution in [1.29, 1.82) is 0 Å². The summed E-state index contributed by atoms with van der Waals surface area (Å²) in [7, 11) is -2.71. The van der Waals surface area contributed by atoms with Gasteiger partial charge in [-0.1, -0.05) is 12.1 Å². The first-order chi connectivity index (χ1) is 14.2. The van der Waals surface area contributed by atoms with E-state index in [1.165, 1.54) is 18.2 Å². The van der Waals surface area contributed by atoms with Gasteiger partial charge in [0.05, 0.1) is 22.1 Å². The number of aromatic amines is 1. The Morgan fingerprint density at radius 3 is 2.30 bits per heavy atom. The Kier molecular flexibility index (Phi) is 3.71. The zero-order valence-electron chi connectivity index (χ0n) is 16.1. The fraction of sp³-hybridized carbons (Fsp3) is 0.0909. The molecule has 0 saturated heterocycles. The summed E-state index contributed by atoms with van der Waals surface area (Å²) < 4.78 is 34.9. The van der Waals surface area contributed by atoms with Crippen molar-refractivity contribution in [2.45, 2.75) is 11.8 Å². The normalized spacial score (nSPS) is 12.4. The highest BCUT2D eigenvalue weighted by Crippen LogP contribution is 2.26. The lowest BCUT2D eigenvalue weighted by atomic mass is 10.0. The zero-order chi connectivity index (χ0) is 21.4. The van der Waals surface area contributed by atoms with Crippen molar-refractivity contribution in [3.8, 4) is 0 Å². The van der Waals surface area contributed by atoms with Crippen LogP contribution in [0.4, 0.5) is 0 Å². The molecule has 0 fully saturated rings. The number of aromatic nitrogens is 2. The monoisotopic (exact) mass is 420 g/mol. The van der Waals surface area contributed by atoms with Crippen LogP contribution in [-0.2, 0) is 17.2 Å². The molecule has 0 aliphatic rings. The summed E-state index contributed by atoms with van der Waals surface area (Å²) in [6.45, 7) is 1.94. The number of nitrogens with one attached hydrogen (secondary N) is 1. The van der Waals surface area contributed by atoms with Crippen LogP contribution in [0, 0.1) is 6.92 Å². The standard InChI is InChI=1S/C22H16N2O5S/c1-11-6-7-12-17(8-11)24(2)18-10-14-16(9-15(18)21(12)25)23-20-13(22(14)26)4-3-5-19(20)30(27,28)29/h3-10H,1-2H3,(H,23,26)(H,27,28,29). The predicted molar refractivity (Wildman–Crippen MR) is 117 cm³/mol. The van der Waals surface area contributed by atoms with Crippen molar-refractivity contribution >= 4 is 53.7 Å².